The van der Waals surface area contributed by atoms with Gasteiger partial charge in [-0.3, -0.25) is 9.59 Å². The van der Waals surface area contributed by atoms with Crippen LogP contribution in [0, 0.1) is 7.05 Å². The van der Waals surface area contributed by atoms with Crippen LogP contribution in [-0.2, 0) is 9.59 Å². The van der Waals surface area contributed by atoms with Crippen molar-refractivity contribution in [1.29, 1.82) is 0 Å². The van der Waals surface area contributed by atoms with E-state index in [2.05, 4.69) is 12.4 Å². The summed E-state index contributed by atoms with van der Waals surface area (Å²) in [6, 6.07) is 0. The molecule has 0 aromatic heterocycles. The lowest BCUT2D eigenvalue weighted by Gasteiger charge is -1.95. The minimum atomic E-state index is -0.307. The number of rotatable bonds is 4. The normalized spacial score (nSPS) is 9.00. The Morgan fingerprint density at radius 3 is 2.50 bits per heavy atom. The summed E-state index contributed by atoms with van der Waals surface area (Å²) in [6.07, 6.45) is 1.24. The third-order valence-electron chi connectivity index (χ3n) is 1.08. The smallest absolute Gasteiger partial charge is 0.227 e. The summed E-state index contributed by atoms with van der Waals surface area (Å²) in [5, 5.41) is 2.14. The van der Waals surface area contributed by atoms with Crippen LogP contribution in [0.25, 0.3) is 0 Å². The van der Waals surface area contributed by atoms with E-state index in [0.29, 0.717) is 6.42 Å². The zero-order chi connectivity index (χ0) is 7.98. The van der Waals surface area contributed by atoms with Crippen molar-refractivity contribution in [2.24, 2.45) is 0 Å². The molecule has 0 bridgehead atoms. The Kier molecular flexibility index (Phi) is 4.54. The van der Waals surface area contributed by atoms with Gasteiger partial charge < -0.3 is 5.32 Å². The Labute approximate surface area is 60.8 Å². The summed E-state index contributed by atoms with van der Waals surface area (Å²) in [6.45, 7) is 1.90. The minimum absolute atomic E-state index is 0.0244. The quantitative estimate of drug-likeness (QED) is 0.586. The van der Waals surface area contributed by atoms with Crippen molar-refractivity contribution in [3.05, 3.63) is 7.05 Å². The molecule has 1 radical (unpaired) electrons. The molecule has 0 fully saturated rings. The Bertz CT molecular complexity index is 132. The first kappa shape index (κ1) is 9.14. The molecule has 1 amide bonds. The summed E-state index contributed by atoms with van der Waals surface area (Å²) in [5.41, 5.74) is 0. The van der Waals surface area contributed by atoms with E-state index in [9.17, 15) is 9.59 Å². The van der Waals surface area contributed by atoms with E-state index in [1.165, 1.54) is 0 Å². The second-order valence-corrected chi connectivity index (χ2v) is 2.07. The molecule has 3 heteroatoms. The average Bonchev–Trinajstić information content (AvgIpc) is 1.88. The van der Waals surface area contributed by atoms with E-state index in [-0.39, 0.29) is 18.1 Å². The molecule has 0 rings (SSSR count). The van der Waals surface area contributed by atoms with Crippen LogP contribution in [-0.4, -0.2) is 11.7 Å². The highest BCUT2D eigenvalue weighted by atomic mass is 16.2. The largest absolute Gasteiger partial charge is 0.354 e. The van der Waals surface area contributed by atoms with E-state index in [1.807, 2.05) is 6.92 Å². The minimum Gasteiger partial charge on any atom is -0.354 e. The van der Waals surface area contributed by atoms with Gasteiger partial charge in [0, 0.05) is 13.5 Å². The van der Waals surface area contributed by atoms with Crippen molar-refractivity contribution in [3.8, 4) is 0 Å². The van der Waals surface area contributed by atoms with Gasteiger partial charge in [-0.25, -0.2) is 0 Å². The van der Waals surface area contributed by atoms with Gasteiger partial charge in [-0.05, 0) is 6.42 Å². The number of nitrogens with one attached hydrogen (secondary N) is 1. The number of hydrogen-bond acceptors (Lipinski definition) is 2. The highest BCUT2D eigenvalue weighted by Crippen LogP contribution is 1.93. The standard InChI is InChI=1S/C7H12NO2/c1-3-4-6(9)5-7(10)8-2/h2-5H2,1H3,(H,8,10). The molecule has 57 valence electrons. The van der Waals surface area contributed by atoms with Crippen LogP contribution in [0.2, 0.25) is 0 Å². The van der Waals surface area contributed by atoms with Crippen LogP contribution in [0.3, 0.4) is 0 Å². The highest BCUT2D eigenvalue weighted by molar-refractivity contribution is 5.97. The summed E-state index contributed by atoms with van der Waals surface area (Å²) in [5.74, 6) is -0.331. The van der Waals surface area contributed by atoms with Crippen molar-refractivity contribution < 1.29 is 9.59 Å². The lowest BCUT2D eigenvalue weighted by Crippen LogP contribution is -2.19. The molecule has 0 aliphatic heterocycles. The number of carbonyl (C=O) groups is 2. The third-order valence-corrected chi connectivity index (χ3v) is 1.08. The number of amides is 1. The van der Waals surface area contributed by atoms with Crippen LogP contribution < -0.4 is 5.32 Å². The van der Waals surface area contributed by atoms with E-state index < -0.39 is 0 Å². The lowest BCUT2D eigenvalue weighted by molar-refractivity contribution is -0.127. The summed E-state index contributed by atoms with van der Waals surface area (Å²) < 4.78 is 0. The van der Waals surface area contributed by atoms with Gasteiger partial charge in [0.15, 0.2) is 0 Å². The van der Waals surface area contributed by atoms with Crippen LogP contribution in [0.5, 0.6) is 0 Å². The molecule has 0 aromatic carbocycles. The Balaban J connectivity index is 3.47. The lowest BCUT2D eigenvalue weighted by atomic mass is 10.2. The van der Waals surface area contributed by atoms with E-state index in [0.717, 1.165) is 6.42 Å². The molecule has 3 nitrogen and oxygen atoms in total. The number of ketones is 1. The van der Waals surface area contributed by atoms with Crippen LogP contribution in [0.15, 0.2) is 0 Å². The summed E-state index contributed by atoms with van der Waals surface area (Å²) in [7, 11) is 3.15. The number of carbonyl (C=O) groups excluding carboxylic acids is 2. The van der Waals surface area contributed by atoms with Crippen LogP contribution in [0.1, 0.15) is 26.2 Å². The van der Waals surface area contributed by atoms with Gasteiger partial charge in [-0.2, -0.15) is 0 Å². The first-order valence-corrected chi connectivity index (χ1v) is 3.28. The molecule has 0 aliphatic carbocycles. The third kappa shape index (κ3) is 4.06. The van der Waals surface area contributed by atoms with Gasteiger partial charge in [0.05, 0.1) is 6.42 Å². The zero-order valence-electron chi connectivity index (χ0n) is 6.14. The van der Waals surface area contributed by atoms with Gasteiger partial charge >= 0.3 is 0 Å². The maximum Gasteiger partial charge on any atom is 0.227 e. The maximum absolute atomic E-state index is 10.7. The Hall–Kier alpha value is -0.860. The van der Waals surface area contributed by atoms with Crippen molar-refractivity contribution in [2.45, 2.75) is 26.2 Å². The number of Topliss-reactive ketones (excluding diaryl/α,β-unsaturated/α-hetero) is 1. The molecule has 1 N–H and O–H groups in total. The SMILES string of the molecule is [CH2]NC(=O)CC(=O)CCC. The second-order valence-electron chi connectivity index (χ2n) is 2.07. The number of hydrogen-bond donors (Lipinski definition) is 1. The molecular weight excluding hydrogens is 130 g/mol. The van der Waals surface area contributed by atoms with E-state index in [4.69, 9.17) is 0 Å². The predicted octanol–water partition coefficient (Wildman–Crippen LogP) is 0.653. The maximum atomic E-state index is 10.7. The Morgan fingerprint density at radius 2 is 2.10 bits per heavy atom. The van der Waals surface area contributed by atoms with Crippen molar-refractivity contribution in [1.82, 2.24) is 5.32 Å². The molecule has 0 unspecified atom stereocenters. The van der Waals surface area contributed by atoms with Crippen LogP contribution in [0.4, 0.5) is 0 Å². The van der Waals surface area contributed by atoms with E-state index in [1.54, 1.807) is 0 Å². The average molecular weight is 142 g/mol. The molecule has 0 aromatic rings. The van der Waals surface area contributed by atoms with Gasteiger partial charge in [0.2, 0.25) is 5.91 Å². The Morgan fingerprint density at radius 1 is 1.50 bits per heavy atom. The molecule has 0 aliphatic rings. The predicted molar refractivity (Wildman–Crippen MR) is 38.0 cm³/mol. The van der Waals surface area contributed by atoms with Gasteiger partial charge in [0.1, 0.15) is 5.78 Å². The molecule has 0 atom stereocenters. The fourth-order valence-corrected chi connectivity index (χ4v) is 0.609. The molecule has 10 heavy (non-hydrogen) atoms. The topological polar surface area (TPSA) is 46.2 Å². The second kappa shape index (κ2) is 4.97. The van der Waals surface area contributed by atoms with Gasteiger partial charge in [0.25, 0.3) is 0 Å². The molecule has 0 spiro atoms. The highest BCUT2D eigenvalue weighted by Gasteiger charge is 2.05. The zero-order valence-corrected chi connectivity index (χ0v) is 6.14. The van der Waals surface area contributed by atoms with Crippen molar-refractivity contribution in [3.63, 3.8) is 0 Å². The molecule has 0 saturated carbocycles. The molecular formula is C7H12NO2. The van der Waals surface area contributed by atoms with E-state index >= 15 is 0 Å². The first-order valence-electron chi connectivity index (χ1n) is 3.28. The monoisotopic (exact) mass is 142 g/mol. The first-order chi connectivity index (χ1) is 4.70. The molecule has 0 saturated heterocycles. The van der Waals surface area contributed by atoms with Gasteiger partial charge in [-0.1, -0.05) is 6.92 Å². The van der Waals surface area contributed by atoms with Crippen molar-refractivity contribution in [2.75, 3.05) is 0 Å². The van der Waals surface area contributed by atoms with Crippen LogP contribution >= 0.6 is 0 Å². The summed E-state index contributed by atoms with van der Waals surface area (Å²) in [4.78, 5) is 21.2. The molecule has 0 heterocycles. The van der Waals surface area contributed by atoms with Crippen molar-refractivity contribution >= 4 is 11.7 Å². The summed E-state index contributed by atoms with van der Waals surface area (Å²) >= 11 is 0. The van der Waals surface area contributed by atoms with Gasteiger partial charge in [-0.15, -0.1) is 0 Å². The fourth-order valence-electron chi connectivity index (χ4n) is 0.609. The fraction of sp³-hybridized carbons (Fsp3) is 0.571.